The Morgan fingerprint density at radius 3 is 2.32 bits per heavy atom. The van der Waals surface area contributed by atoms with Gasteiger partial charge >= 0.3 is 0 Å². The predicted octanol–water partition coefficient (Wildman–Crippen LogP) is 6.28. The zero-order valence-electron chi connectivity index (χ0n) is 20.5. The Kier molecular flexibility index (Phi) is 7.26. The lowest BCUT2D eigenvalue weighted by atomic mass is 9.95. The quantitative estimate of drug-likeness (QED) is 0.171. The molecule has 1 heterocycles. The van der Waals surface area contributed by atoms with Crippen molar-refractivity contribution in [2.24, 2.45) is 0 Å². The zero-order valence-corrected chi connectivity index (χ0v) is 21.3. The van der Waals surface area contributed by atoms with Crippen molar-refractivity contribution < 1.29 is 17.0 Å². The Bertz CT molecular complexity index is 1690. The second kappa shape index (κ2) is 10.7. The first-order valence-electron chi connectivity index (χ1n) is 12.2. The lowest BCUT2D eigenvalue weighted by Gasteiger charge is -2.12. The minimum Gasteiger partial charge on any atom is -0.270 e. The summed E-state index contributed by atoms with van der Waals surface area (Å²) in [6, 6.07) is 24.9. The van der Waals surface area contributed by atoms with Crippen molar-refractivity contribution in [1.82, 2.24) is 9.97 Å². The van der Waals surface area contributed by atoms with Gasteiger partial charge in [0.25, 0.3) is 10.1 Å². The van der Waals surface area contributed by atoms with Crippen LogP contribution in [-0.4, -0.2) is 31.2 Å². The standard InChI is InChI=1S/C30H27FN2O3S/c1-37(34,35)36-17-16-22-9-6-8-21(18-22)10-7-15-29-32-20-23-19-27(25-12-4-5-14-28(25)31)24-11-2-3-13-26(24)30(23)33-29/h2-6,8-9,11-14,18-20H,7,10,15-17H2,1H3. The van der Waals surface area contributed by atoms with Crippen LogP contribution < -0.4 is 0 Å². The maximum Gasteiger partial charge on any atom is 0.264 e. The van der Waals surface area contributed by atoms with Crippen LogP contribution in [0.25, 0.3) is 32.8 Å². The van der Waals surface area contributed by atoms with Crippen LogP contribution in [0.5, 0.6) is 0 Å². The second-order valence-corrected chi connectivity index (χ2v) is 10.8. The number of nitrogens with zero attached hydrogens (tertiary/aromatic N) is 2. The first-order chi connectivity index (χ1) is 17.9. The Balaban J connectivity index is 1.34. The highest BCUT2D eigenvalue weighted by Gasteiger charge is 2.13. The molecule has 7 heteroatoms. The van der Waals surface area contributed by atoms with Crippen molar-refractivity contribution in [2.45, 2.75) is 25.7 Å². The van der Waals surface area contributed by atoms with Gasteiger partial charge in [-0.25, -0.2) is 14.4 Å². The molecule has 0 unspecified atom stereocenters. The molecule has 0 bridgehead atoms. The molecule has 0 amide bonds. The van der Waals surface area contributed by atoms with E-state index in [2.05, 4.69) is 17.1 Å². The van der Waals surface area contributed by atoms with Crippen LogP contribution in [0, 0.1) is 5.82 Å². The van der Waals surface area contributed by atoms with Crippen molar-refractivity contribution >= 4 is 31.8 Å². The maximum atomic E-state index is 14.6. The average Bonchev–Trinajstić information content (AvgIpc) is 2.88. The summed E-state index contributed by atoms with van der Waals surface area (Å²) in [4.78, 5) is 9.50. The molecule has 0 aliphatic rings. The van der Waals surface area contributed by atoms with Crippen LogP contribution in [0.1, 0.15) is 23.4 Å². The van der Waals surface area contributed by atoms with Crippen LogP contribution in [0.2, 0.25) is 0 Å². The van der Waals surface area contributed by atoms with Gasteiger partial charge < -0.3 is 0 Å². The van der Waals surface area contributed by atoms with Crippen molar-refractivity contribution in [2.75, 3.05) is 12.9 Å². The van der Waals surface area contributed by atoms with Crippen LogP contribution in [0.3, 0.4) is 0 Å². The highest BCUT2D eigenvalue weighted by atomic mass is 32.2. The van der Waals surface area contributed by atoms with Gasteiger partial charge in [0.1, 0.15) is 11.6 Å². The van der Waals surface area contributed by atoms with Crippen LogP contribution in [0.4, 0.5) is 4.39 Å². The highest BCUT2D eigenvalue weighted by molar-refractivity contribution is 7.85. The summed E-state index contributed by atoms with van der Waals surface area (Å²) < 4.78 is 41.8. The lowest BCUT2D eigenvalue weighted by Crippen LogP contribution is -2.06. The van der Waals surface area contributed by atoms with E-state index in [1.807, 2.05) is 54.7 Å². The van der Waals surface area contributed by atoms with Gasteiger partial charge in [0.2, 0.25) is 0 Å². The highest BCUT2D eigenvalue weighted by Crippen LogP contribution is 2.35. The number of aromatic nitrogens is 2. The number of rotatable bonds is 9. The first-order valence-corrected chi connectivity index (χ1v) is 14.0. The van der Waals surface area contributed by atoms with Crippen LogP contribution in [-0.2, 0) is 33.6 Å². The number of aryl methyl sites for hydroxylation is 2. The number of benzene rings is 4. The summed E-state index contributed by atoms with van der Waals surface area (Å²) in [7, 11) is -3.43. The fourth-order valence-corrected chi connectivity index (χ4v) is 5.02. The summed E-state index contributed by atoms with van der Waals surface area (Å²) in [5.74, 6) is 0.519. The van der Waals surface area contributed by atoms with Gasteiger partial charge in [-0.3, -0.25) is 4.18 Å². The van der Waals surface area contributed by atoms with Gasteiger partial charge in [0.05, 0.1) is 18.4 Å². The van der Waals surface area contributed by atoms with Crippen molar-refractivity contribution in [3.8, 4) is 11.1 Å². The summed E-state index contributed by atoms with van der Waals surface area (Å²) in [5, 5.41) is 2.82. The van der Waals surface area contributed by atoms with E-state index in [-0.39, 0.29) is 12.4 Å². The number of hydrogen-bond donors (Lipinski definition) is 0. The van der Waals surface area contributed by atoms with E-state index in [1.165, 1.54) is 11.6 Å². The van der Waals surface area contributed by atoms with Gasteiger partial charge in [-0.1, -0.05) is 66.7 Å². The molecule has 0 atom stereocenters. The molecule has 0 aliphatic heterocycles. The van der Waals surface area contributed by atoms with E-state index >= 15 is 0 Å². The van der Waals surface area contributed by atoms with Crippen molar-refractivity contribution in [1.29, 1.82) is 0 Å². The SMILES string of the molecule is CS(=O)(=O)OCCc1cccc(CCCc2ncc3cc(-c4ccccc4F)c4ccccc4c3n2)c1. The average molecular weight is 515 g/mol. The van der Waals surface area contributed by atoms with Crippen LogP contribution >= 0.6 is 0 Å². The third-order valence-corrected chi connectivity index (χ3v) is 6.94. The maximum absolute atomic E-state index is 14.6. The van der Waals surface area contributed by atoms with E-state index < -0.39 is 10.1 Å². The molecule has 5 aromatic rings. The van der Waals surface area contributed by atoms with Gasteiger partial charge in [0, 0.05) is 29.0 Å². The molecule has 37 heavy (non-hydrogen) atoms. The molecular formula is C30H27FN2O3S. The fraction of sp³-hybridized carbons (Fsp3) is 0.200. The Labute approximate surface area is 216 Å². The zero-order chi connectivity index (χ0) is 25.8. The molecule has 0 N–H and O–H groups in total. The monoisotopic (exact) mass is 514 g/mol. The molecule has 0 saturated heterocycles. The molecular weight excluding hydrogens is 487 g/mol. The summed E-state index contributed by atoms with van der Waals surface area (Å²) in [6.45, 7) is 0.139. The number of fused-ring (bicyclic) bond motifs is 3. The van der Waals surface area contributed by atoms with Gasteiger partial charge in [-0.05, 0) is 53.5 Å². The predicted molar refractivity (Wildman–Crippen MR) is 145 cm³/mol. The summed E-state index contributed by atoms with van der Waals surface area (Å²) in [6.07, 6.45) is 5.88. The van der Waals surface area contributed by atoms with E-state index in [4.69, 9.17) is 9.17 Å². The normalized spacial score (nSPS) is 11.8. The molecule has 0 radical (unpaired) electrons. The molecule has 0 fully saturated rings. The largest absolute Gasteiger partial charge is 0.270 e. The topological polar surface area (TPSA) is 69.2 Å². The van der Waals surface area contributed by atoms with Gasteiger partial charge in [0.15, 0.2) is 0 Å². The van der Waals surface area contributed by atoms with Crippen LogP contribution in [0.15, 0.2) is 85.1 Å². The summed E-state index contributed by atoms with van der Waals surface area (Å²) in [5.41, 5.74) is 4.49. The minimum atomic E-state index is -3.43. The van der Waals surface area contributed by atoms with Gasteiger partial charge in [-0.2, -0.15) is 8.42 Å². The molecule has 188 valence electrons. The van der Waals surface area contributed by atoms with E-state index in [0.717, 1.165) is 64.1 Å². The van der Waals surface area contributed by atoms with Crippen molar-refractivity contribution in [3.05, 3.63) is 108 Å². The molecule has 4 aromatic carbocycles. The minimum absolute atomic E-state index is 0.139. The molecule has 5 nitrogen and oxygen atoms in total. The third-order valence-electron chi connectivity index (χ3n) is 6.35. The Morgan fingerprint density at radius 1 is 0.811 bits per heavy atom. The number of hydrogen-bond acceptors (Lipinski definition) is 5. The smallest absolute Gasteiger partial charge is 0.264 e. The second-order valence-electron chi connectivity index (χ2n) is 9.12. The molecule has 0 spiro atoms. The fourth-order valence-electron chi connectivity index (χ4n) is 4.63. The molecule has 0 aliphatic carbocycles. The van der Waals surface area contributed by atoms with E-state index in [0.29, 0.717) is 12.0 Å². The Morgan fingerprint density at radius 2 is 1.54 bits per heavy atom. The first kappa shape index (κ1) is 25.0. The molecule has 1 aromatic heterocycles. The van der Waals surface area contributed by atoms with E-state index in [9.17, 15) is 12.8 Å². The Hall–Kier alpha value is -3.68. The molecule has 5 rings (SSSR count). The third kappa shape index (κ3) is 6.01. The summed E-state index contributed by atoms with van der Waals surface area (Å²) >= 11 is 0. The van der Waals surface area contributed by atoms with Crippen molar-refractivity contribution in [3.63, 3.8) is 0 Å². The number of halogens is 1. The lowest BCUT2D eigenvalue weighted by molar-refractivity contribution is 0.326. The van der Waals surface area contributed by atoms with E-state index in [1.54, 1.807) is 12.1 Å². The molecule has 0 saturated carbocycles. The van der Waals surface area contributed by atoms with Gasteiger partial charge in [-0.15, -0.1) is 0 Å².